The Kier molecular flexibility index (Phi) is 4.79. The van der Waals surface area contributed by atoms with E-state index in [1.165, 1.54) is 18.2 Å². The van der Waals surface area contributed by atoms with Crippen LogP contribution in [0.1, 0.15) is 44.2 Å². The minimum absolute atomic E-state index is 0.0787. The minimum Gasteiger partial charge on any atom is -0.338 e. The van der Waals surface area contributed by atoms with Crippen LogP contribution in [0.25, 0.3) is 0 Å². The van der Waals surface area contributed by atoms with Gasteiger partial charge in [-0.3, -0.25) is 9.69 Å². The number of carbonyl (C=O) groups is 3. The van der Waals surface area contributed by atoms with E-state index in [0.29, 0.717) is 26.1 Å². The quantitative estimate of drug-likeness (QED) is 0.750. The Bertz CT molecular complexity index is 852. The van der Waals surface area contributed by atoms with Crippen LogP contribution >= 0.6 is 0 Å². The molecule has 0 radical (unpaired) electrons. The molecule has 2 N–H and O–H groups in total. The fourth-order valence-electron chi connectivity index (χ4n) is 5.31. The van der Waals surface area contributed by atoms with Gasteiger partial charge in [-0.15, -0.1) is 0 Å². The molecule has 156 valence electrons. The molecule has 4 rings (SSSR count). The van der Waals surface area contributed by atoms with E-state index < -0.39 is 5.54 Å². The Morgan fingerprint density at radius 1 is 1.28 bits per heavy atom. The number of rotatable bonds is 2. The fraction of sp³-hybridized carbons (Fsp3) is 0.591. The second-order valence-corrected chi connectivity index (χ2v) is 9.25. The summed E-state index contributed by atoms with van der Waals surface area (Å²) in [7, 11) is 1.51. The number of hydrogen-bond acceptors (Lipinski definition) is 3. The highest BCUT2D eigenvalue weighted by Crippen LogP contribution is 2.39. The van der Waals surface area contributed by atoms with Crippen LogP contribution in [0.15, 0.2) is 24.3 Å². The highest BCUT2D eigenvalue weighted by Gasteiger charge is 2.56. The lowest BCUT2D eigenvalue weighted by Crippen LogP contribution is -2.54. The molecule has 1 aromatic rings. The Balaban J connectivity index is 1.43. The Morgan fingerprint density at radius 3 is 2.76 bits per heavy atom. The van der Waals surface area contributed by atoms with Crippen molar-refractivity contribution in [3.63, 3.8) is 0 Å². The van der Waals surface area contributed by atoms with E-state index >= 15 is 0 Å². The van der Waals surface area contributed by atoms with Crippen molar-refractivity contribution in [1.29, 1.82) is 0 Å². The summed E-state index contributed by atoms with van der Waals surface area (Å²) in [6, 6.07) is 7.96. The number of urea groups is 2. The predicted octanol–water partition coefficient (Wildman–Crippen LogP) is 2.25. The first kappa shape index (κ1) is 19.7. The monoisotopic (exact) mass is 398 g/mol. The first-order chi connectivity index (χ1) is 13.7. The molecule has 1 aromatic carbocycles. The summed E-state index contributed by atoms with van der Waals surface area (Å²) in [4.78, 5) is 40.7. The van der Waals surface area contributed by atoms with Crippen molar-refractivity contribution in [2.24, 2.45) is 5.92 Å². The number of hydrogen-bond donors (Lipinski definition) is 2. The summed E-state index contributed by atoms with van der Waals surface area (Å²) in [5.41, 5.74) is 1.61. The van der Waals surface area contributed by atoms with E-state index in [-0.39, 0.29) is 29.3 Å². The molecule has 0 bridgehead atoms. The third kappa shape index (κ3) is 3.26. The average Bonchev–Trinajstić information content (AvgIpc) is 3.14. The fourth-order valence-corrected chi connectivity index (χ4v) is 5.31. The highest BCUT2D eigenvalue weighted by atomic mass is 16.2. The first-order valence-electron chi connectivity index (χ1n) is 10.5. The van der Waals surface area contributed by atoms with Crippen LogP contribution < -0.4 is 10.6 Å². The maximum Gasteiger partial charge on any atom is 0.324 e. The van der Waals surface area contributed by atoms with Crippen molar-refractivity contribution in [2.45, 2.75) is 50.5 Å². The molecule has 29 heavy (non-hydrogen) atoms. The lowest BCUT2D eigenvalue weighted by atomic mass is 9.82. The molecule has 7 nitrogen and oxygen atoms in total. The van der Waals surface area contributed by atoms with Crippen LogP contribution in [0.5, 0.6) is 0 Å². The zero-order valence-corrected chi connectivity index (χ0v) is 17.5. The number of amides is 5. The van der Waals surface area contributed by atoms with E-state index in [4.69, 9.17) is 0 Å². The van der Waals surface area contributed by atoms with Crippen LogP contribution in [0.2, 0.25) is 0 Å². The van der Waals surface area contributed by atoms with Crippen LogP contribution in [0, 0.1) is 5.92 Å². The summed E-state index contributed by atoms with van der Waals surface area (Å²) in [5.74, 6) is -0.254. The Hall–Kier alpha value is -2.57. The summed E-state index contributed by atoms with van der Waals surface area (Å²) < 4.78 is 0. The van der Waals surface area contributed by atoms with Gasteiger partial charge in [-0.1, -0.05) is 44.5 Å². The molecule has 2 aliphatic heterocycles. The van der Waals surface area contributed by atoms with Crippen molar-refractivity contribution >= 4 is 18.0 Å². The molecule has 2 fully saturated rings. The van der Waals surface area contributed by atoms with Crippen molar-refractivity contribution in [2.75, 3.05) is 26.7 Å². The van der Waals surface area contributed by atoms with E-state index in [2.05, 4.69) is 42.7 Å². The molecule has 2 atom stereocenters. The molecule has 7 heteroatoms. The lowest BCUT2D eigenvalue weighted by Gasteiger charge is -2.32. The van der Waals surface area contributed by atoms with Crippen molar-refractivity contribution < 1.29 is 14.4 Å². The van der Waals surface area contributed by atoms with Gasteiger partial charge in [0.2, 0.25) is 0 Å². The molecule has 2 unspecified atom stereocenters. The second-order valence-electron chi connectivity index (χ2n) is 9.25. The Morgan fingerprint density at radius 2 is 2.03 bits per heavy atom. The van der Waals surface area contributed by atoms with Crippen molar-refractivity contribution in [3.05, 3.63) is 35.4 Å². The van der Waals surface area contributed by atoms with Crippen LogP contribution in [-0.2, 0) is 16.6 Å². The van der Waals surface area contributed by atoms with Gasteiger partial charge in [0.25, 0.3) is 5.91 Å². The molecule has 3 aliphatic rings. The molecular formula is C22H30N4O3. The molecule has 1 saturated heterocycles. The number of nitrogens with zero attached hydrogens (tertiary/aromatic N) is 2. The maximum absolute atomic E-state index is 13.0. The smallest absolute Gasteiger partial charge is 0.324 e. The van der Waals surface area contributed by atoms with Crippen LogP contribution in [0.3, 0.4) is 0 Å². The van der Waals surface area contributed by atoms with Gasteiger partial charge in [-0.2, -0.15) is 0 Å². The lowest BCUT2D eigenvalue weighted by molar-refractivity contribution is -0.131. The van der Waals surface area contributed by atoms with E-state index in [1.54, 1.807) is 0 Å². The summed E-state index contributed by atoms with van der Waals surface area (Å²) >= 11 is 0. The molecule has 2 heterocycles. The van der Waals surface area contributed by atoms with Gasteiger partial charge in [0.15, 0.2) is 0 Å². The standard InChI is InChI=1S/C22H30N4O3/c1-21(2)14-26(12-10-15-7-4-5-9-17(15)21)19(28)23-13-16-8-6-11-22(16)18(27)25(3)20(29)24-22/h4-5,7,9,16H,6,8,10-14H2,1-3H3,(H,23,28)(H,24,29). The van der Waals surface area contributed by atoms with Gasteiger partial charge >= 0.3 is 12.1 Å². The molecule has 0 aromatic heterocycles. The van der Waals surface area contributed by atoms with Gasteiger partial charge in [0.05, 0.1) is 0 Å². The third-order valence-electron chi connectivity index (χ3n) is 6.91. The molecule has 1 aliphatic carbocycles. The van der Waals surface area contributed by atoms with Crippen LogP contribution in [-0.4, -0.2) is 60.0 Å². The third-order valence-corrected chi connectivity index (χ3v) is 6.91. The van der Waals surface area contributed by atoms with Gasteiger partial charge in [0.1, 0.15) is 5.54 Å². The minimum atomic E-state index is -0.854. The summed E-state index contributed by atoms with van der Waals surface area (Å²) in [6.07, 6.45) is 3.15. The molecule has 1 saturated carbocycles. The van der Waals surface area contributed by atoms with Crippen LogP contribution in [0.4, 0.5) is 9.59 Å². The zero-order valence-electron chi connectivity index (χ0n) is 17.5. The average molecular weight is 399 g/mol. The summed E-state index contributed by atoms with van der Waals surface area (Å²) in [6.45, 7) is 6.05. The molecular weight excluding hydrogens is 368 g/mol. The van der Waals surface area contributed by atoms with Gasteiger partial charge in [0, 0.05) is 38.0 Å². The Labute approximate surface area is 171 Å². The van der Waals surface area contributed by atoms with Crippen molar-refractivity contribution in [1.82, 2.24) is 20.4 Å². The number of imide groups is 1. The SMILES string of the molecule is CN1C(=O)NC2(CCCC2CNC(=O)N2CCc3ccccc3C(C)(C)C2)C1=O. The number of likely N-dealkylation sites (N-methyl/N-ethyl adjacent to an activating group) is 1. The predicted molar refractivity (Wildman–Crippen MR) is 110 cm³/mol. The van der Waals surface area contributed by atoms with Gasteiger partial charge in [-0.05, 0) is 30.4 Å². The van der Waals surface area contributed by atoms with E-state index in [0.717, 1.165) is 24.2 Å². The number of nitrogens with one attached hydrogen (secondary N) is 2. The number of carbonyl (C=O) groups excluding carboxylic acids is 3. The maximum atomic E-state index is 13.0. The van der Waals surface area contributed by atoms with Crippen molar-refractivity contribution in [3.8, 4) is 0 Å². The van der Waals surface area contributed by atoms with Gasteiger partial charge < -0.3 is 15.5 Å². The van der Waals surface area contributed by atoms with E-state index in [9.17, 15) is 14.4 Å². The normalized spacial score (nSPS) is 28.3. The topological polar surface area (TPSA) is 81.8 Å². The largest absolute Gasteiger partial charge is 0.338 e. The zero-order chi connectivity index (χ0) is 20.8. The van der Waals surface area contributed by atoms with E-state index in [1.807, 2.05) is 11.0 Å². The van der Waals surface area contributed by atoms with Gasteiger partial charge in [-0.25, -0.2) is 9.59 Å². The summed E-state index contributed by atoms with van der Waals surface area (Å²) in [5, 5.41) is 5.94. The second kappa shape index (κ2) is 7.04. The first-order valence-corrected chi connectivity index (χ1v) is 10.5. The highest BCUT2D eigenvalue weighted by molar-refractivity contribution is 6.07. The molecule has 1 spiro atoms. The number of fused-ring (bicyclic) bond motifs is 1. The number of benzene rings is 1. The molecule has 5 amide bonds.